The molecule has 29 heavy (non-hydrogen) atoms. The first-order chi connectivity index (χ1) is 14.1. The maximum absolute atomic E-state index is 12.2. The number of anilines is 2. The fourth-order valence-corrected chi connectivity index (χ4v) is 2.80. The molecule has 0 unspecified atom stereocenters. The number of ether oxygens (including phenoxy) is 1. The molecule has 0 aliphatic rings. The lowest BCUT2D eigenvalue weighted by molar-refractivity contribution is -0.118. The fraction of sp³-hybridized carbons (Fsp3) is 0.130. The van der Waals surface area contributed by atoms with Crippen LogP contribution in [0.2, 0.25) is 5.02 Å². The summed E-state index contributed by atoms with van der Waals surface area (Å²) in [7, 11) is 0. The van der Waals surface area contributed by atoms with E-state index in [0.29, 0.717) is 35.0 Å². The van der Waals surface area contributed by atoms with Gasteiger partial charge in [0, 0.05) is 22.8 Å². The molecule has 0 aromatic heterocycles. The minimum Gasteiger partial charge on any atom is -0.484 e. The van der Waals surface area contributed by atoms with Crippen molar-refractivity contribution in [1.29, 1.82) is 0 Å². The van der Waals surface area contributed by atoms with Crippen molar-refractivity contribution in [3.05, 3.63) is 89.4 Å². The van der Waals surface area contributed by atoms with Crippen LogP contribution in [0.1, 0.15) is 12.0 Å². The van der Waals surface area contributed by atoms with Gasteiger partial charge in [0.25, 0.3) is 5.91 Å². The number of carbonyl (C=O) groups is 2. The van der Waals surface area contributed by atoms with E-state index in [2.05, 4.69) is 10.6 Å². The molecule has 148 valence electrons. The van der Waals surface area contributed by atoms with Crippen molar-refractivity contribution in [2.75, 3.05) is 17.2 Å². The Balaban J connectivity index is 1.47. The van der Waals surface area contributed by atoms with Crippen LogP contribution in [0.5, 0.6) is 5.75 Å². The number of rotatable bonds is 8. The normalized spacial score (nSPS) is 10.2. The topological polar surface area (TPSA) is 67.4 Å². The van der Waals surface area contributed by atoms with Gasteiger partial charge in [-0.25, -0.2) is 0 Å². The molecule has 3 aromatic carbocycles. The maximum Gasteiger partial charge on any atom is 0.262 e. The van der Waals surface area contributed by atoms with Crippen LogP contribution in [0.25, 0.3) is 0 Å². The van der Waals surface area contributed by atoms with Crippen LogP contribution in [-0.4, -0.2) is 18.4 Å². The van der Waals surface area contributed by atoms with E-state index in [9.17, 15) is 9.59 Å². The lowest BCUT2D eigenvalue weighted by Crippen LogP contribution is -2.20. The number of hydrogen-bond donors (Lipinski definition) is 2. The molecule has 0 saturated carbocycles. The van der Waals surface area contributed by atoms with Gasteiger partial charge in [-0.1, -0.05) is 48.0 Å². The average Bonchev–Trinajstić information content (AvgIpc) is 2.73. The minimum absolute atomic E-state index is 0.0802. The molecule has 0 spiro atoms. The van der Waals surface area contributed by atoms with Crippen LogP contribution in [0.15, 0.2) is 78.9 Å². The number of nitrogens with one attached hydrogen (secondary N) is 2. The Morgan fingerprint density at radius 3 is 2.14 bits per heavy atom. The summed E-state index contributed by atoms with van der Waals surface area (Å²) in [5, 5.41) is 6.21. The Kier molecular flexibility index (Phi) is 7.25. The van der Waals surface area contributed by atoms with Crippen molar-refractivity contribution < 1.29 is 14.3 Å². The molecule has 3 rings (SSSR count). The van der Waals surface area contributed by atoms with E-state index in [1.807, 2.05) is 30.3 Å². The van der Waals surface area contributed by atoms with Gasteiger partial charge in [-0.3, -0.25) is 9.59 Å². The van der Waals surface area contributed by atoms with Crippen LogP contribution in [-0.2, 0) is 16.0 Å². The molecule has 0 radical (unpaired) electrons. The summed E-state index contributed by atoms with van der Waals surface area (Å²) >= 11 is 5.82. The zero-order valence-electron chi connectivity index (χ0n) is 15.7. The van der Waals surface area contributed by atoms with Gasteiger partial charge >= 0.3 is 0 Å². The van der Waals surface area contributed by atoms with Gasteiger partial charge in [-0.15, -0.1) is 0 Å². The molecular weight excluding hydrogens is 388 g/mol. The smallest absolute Gasteiger partial charge is 0.262 e. The van der Waals surface area contributed by atoms with Crippen LogP contribution in [0.4, 0.5) is 11.4 Å². The van der Waals surface area contributed by atoms with Gasteiger partial charge in [0.2, 0.25) is 5.91 Å². The van der Waals surface area contributed by atoms with Gasteiger partial charge < -0.3 is 15.4 Å². The Hall–Kier alpha value is -3.31. The SMILES string of the molecule is O=C(CCc1ccccc1)Nc1cccc(NC(=O)COc2ccc(Cl)cc2)c1. The Morgan fingerprint density at radius 2 is 1.45 bits per heavy atom. The van der Waals surface area contributed by atoms with E-state index in [1.54, 1.807) is 48.5 Å². The molecule has 2 N–H and O–H groups in total. The van der Waals surface area contributed by atoms with E-state index < -0.39 is 0 Å². The summed E-state index contributed by atoms with van der Waals surface area (Å²) in [6.45, 7) is -0.130. The van der Waals surface area contributed by atoms with Crippen LogP contribution in [0, 0.1) is 0 Å². The van der Waals surface area contributed by atoms with E-state index in [1.165, 1.54) is 0 Å². The first-order valence-corrected chi connectivity index (χ1v) is 9.58. The molecule has 0 saturated heterocycles. The Morgan fingerprint density at radius 1 is 0.793 bits per heavy atom. The number of benzene rings is 3. The highest BCUT2D eigenvalue weighted by Gasteiger charge is 2.07. The summed E-state index contributed by atoms with van der Waals surface area (Å²) in [6, 6.07) is 23.6. The van der Waals surface area contributed by atoms with Crippen molar-refractivity contribution >= 4 is 34.8 Å². The third kappa shape index (κ3) is 6.97. The highest BCUT2D eigenvalue weighted by atomic mass is 35.5. The summed E-state index contributed by atoms with van der Waals surface area (Å²) < 4.78 is 5.42. The molecule has 5 nitrogen and oxygen atoms in total. The molecule has 2 amide bonds. The molecule has 0 fully saturated rings. The van der Waals surface area contributed by atoms with Crippen molar-refractivity contribution in [2.45, 2.75) is 12.8 Å². The number of aryl methyl sites for hydroxylation is 1. The molecule has 0 bridgehead atoms. The number of carbonyl (C=O) groups excluding carboxylic acids is 2. The monoisotopic (exact) mass is 408 g/mol. The number of hydrogen-bond acceptors (Lipinski definition) is 3. The Bertz CT molecular complexity index is 959. The summed E-state index contributed by atoms with van der Waals surface area (Å²) in [5.41, 5.74) is 2.32. The summed E-state index contributed by atoms with van der Waals surface area (Å²) in [4.78, 5) is 24.3. The molecule has 3 aromatic rings. The van der Waals surface area contributed by atoms with Gasteiger partial charge in [0.15, 0.2) is 6.61 Å². The van der Waals surface area contributed by atoms with E-state index in [0.717, 1.165) is 5.56 Å². The van der Waals surface area contributed by atoms with Crippen LogP contribution in [0.3, 0.4) is 0 Å². The van der Waals surface area contributed by atoms with Gasteiger partial charge in [0.1, 0.15) is 5.75 Å². The van der Waals surface area contributed by atoms with Crippen molar-refractivity contribution in [2.24, 2.45) is 0 Å². The molecule has 0 atom stereocenters. The lowest BCUT2D eigenvalue weighted by atomic mass is 10.1. The second-order valence-electron chi connectivity index (χ2n) is 6.41. The van der Waals surface area contributed by atoms with Crippen molar-refractivity contribution in [1.82, 2.24) is 0 Å². The number of halogens is 1. The second-order valence-corrected chi connectivity index (χ2v) is 6.84. The zero-order valence-corrected chi connectivity index (χ0v) is 16.5. The van der Waals surface area contributed by atoms with Crippen LogP contribution < -0.4 is 15.4 Å². The van der Waals surface area contributed by atoms with E-state index in [4.69, 9.17) is 16.3 Å². The third-order valence-corrected chi connectivity index (χ3v) is 4.35. The fourth-order valence-electron chi connectivity index (χ4n) is 2.68. The van der Waals surface area contributed by atoms with Crippen molar-refractivity contribution in [3.63, 3.8) is 0 Å². The molecule has 0 aliphatic carbocycles. The summed E-state index contributed by atoms with van der Waals surface area (Å²) in [6.07, 6.45) is 1.06. The summed E-state index contributed by atoms with van der Waals surface area (Å²) in [5.74, 6) is 0.180. The largest absolute Gasteiger partial charge is 0.484 e. The molecular formula is C23H21ClN2O3. The standard InChI is InChI=1S/C23H21ClN2O3/c24-18-10-12-21(13-11-18)29-16-23(28)26-20-8-4-7-19(15-20)25-22(27)14-9-17-5-2-1-3-6-17/h1-8,10-13,15H,9,14,16H2,(H,25,27)(H,26,28). The maximum atomic E-state index is 12.2. The highest BCUT2D eigenvalue weighted by Crippen LogP contribution is 2.17. The first kappa shape index (κ1) is 20.4. The third-order valence-electron chi connectivity index (χ3n) is 4.10. The predicted molar refractivity (Wildman–Crippen MR) is 115 cm³/mol. The quantitative estimate of drug-likeness (QED) is 0.555. The highest BCUT2D eigenvalue weighted by molar-refractivity contribution is 6.30. The van der Waals surface area contributed by atoms with Crippen molar-refractivity contribution in [3.8, 4) is 5.75 Å². The predicted octanol–water partition coefficient (Wildman–Crippen LogP) is 4.93. The van der Waals surface area contributed by atoms with Gasteiger partial charge in [-0.2, -0.15) is 0 Å². The van der Waals surface area contributed by atoms with Gasteiger partial charge in [-0.05, 0) is 54.4 Å². The molecule has 0 heterocycles. The van der Waals surface area contributed by atoms with Gasteiger partial charge in [0.05, 0.1) is 0 Å². The molecule has 0 aliphatic heterocycles. The minimum atomic E-state index is -0.299. The second kappa shape index (κ2) is 10.3. The van der Waals surface area contributed by atoms with E-state index >= 15 is 0 Å². The van der Waals surface area contributed by atoms with Crippen LogP contribution >= 0.6 is 11.6 Å². The Labute approximate surface area is 174 Å². The van der Waals surface area contributed by atoms with E-state index in [-0.39, 0.29) is 18.4 Å². The first-order valence-electron chi connectivity index (χ1n) is 9.20. The molecule has 6 heteroatoms. The lowest BCUT2D eigenvalue weighted by Gasteiger charge is -2.10. The average molecular weight is 409 g/mol. The number of amides is 2. The zero-order chi connectivity index (χ0) is 20.5.